The van der Waals surface area contributed by atoms with E-state index in [2.05, 4.69) is 15.3 Å². The van der Waals surface area contributed by atoms with Crippen LogP contribution in [0.15, 0.2) is 46.3 Å². The van der Waals surface area contributed by atoms with E-state index in [1.54, 1.807) is 6.07 Å². The molecule has 40 heavy (non-hydrogen) atoms. The Bertz CT molecular complexity index is 1560. The van der Waals surface area contributed by atoms with E-state index >= 15 is 0 Å². The lowest BCUT2D eigenvalue weighted by Crippen LogP contribution is -2.46. The van der Waals surface area contributed by atoms with E-state index in [0.717, 1.165) is 16.6 Å². The van der Waals surface area contributed by atoms with E-state index in [1.165, 1.54) is 16.4 Å². The van der Waals surface area contributed by atoms with Crippen LogP contribution < -0.4 is 21.5 Å². The Balaban J connectivity index is 1.54. The van der Waals surface area contributed by atoms with E-state index < -0.39 is 16.1 Å². The lowest BCUT2D eigenvalue weighted by Gasteiger charge is -2.24. The number of aliphatic imine (C=N–C) groups is 1. The molecule has 1 fully saturated rings. The molecule has 1 aliphatic heterocycles. The normalized spacial score (nSPS) is 15.8. The summed E-state index contributed by atoms with van der Waals surface area (Å²) >= 11 is 13.1. The molecule has 1 saturated heterocycles. The van der Waals surface area contributed by atoms with Crippen molar-refractivity contribution in [1.82, 2.24) is 14.6 Å². The Morgan fingerprint density at radius 3 is 2.75 bits per heavy atom. The highest BCUT2D eigenvalue weighted by Gasteiger charge is 2.40. The number of ether oxygens (including phenoxy) is 1. The highest BCUT2D eigenvalue weighted by molar-refractivity contribution is 7.89. The molecule has 10 nitrogen and oxygen atoms in total. The van der Waals surface area contributed by atoms with Gasteiger partial charge in [-0.3, -0.25) is 9.79 Å². The number of carbonyl (C=O) groups is 1. The van der Waals surface area contributed by atoms with Gasteiger partial charge in [0.25, 0.3) is 0 Å². The third-order valence-corrected chi connectivity index (χ3v) is 9.53. The number of fused-ring (bicyclic) bond motifs is 1. The minimum atomic E-state index is -4.12. The minimum absolute atomic E-state index is 0.0250. The van der Waals surface area contributed by atoms with Crippen molar-refractivity contribution in [1.29, 1.82) is 0 Å². The van der Waals surface area contributed by atoms with Crippen LogP contribution >= 0.6 is 23.2 Å². The van der Waals surface area contributed by atoms with Crippen LogP contribution in [-0.2, 0) is 21.4 Å². The molecule has 0 bridgehead atoms. The fourth-order valence-corrected chi connectivity index (χ4v) is 7.28. The number of para-hydroxylation sites is 1. The van der Waals surface area contributed by atoms with Crippen LogP contribution in [0.3, 0.4) is 0 Å². The summed E-state index contributed by atoms with van der Waals surface area (Å²) in [5.74, 6) is 0.122. The number of guanidine groups is 1. The van der Waals surface area contributed by atoms with Crippen LogP contribution in [0.2, 0.25) is 10.0 Å². The van der Waals surface area contributed by atoms with Gasteiger partial charge >= 0.3 is 0 Å². The second-order valence-corrected chi connectivity index (χ2v) is 12.2. The number of nitrogens with two attached hydrogens (primary N) is 2. The van der Waals surface area contributed by atoms with Crippen LogP contribution in [0, 0.1) is 13.8 Å². The first-order chi connectivity index (χ1) is 19.0. The Labute approximate surface area is 243 Å². The minimum Gasteiger partial charge on any atom is -0.487 e. The van der Waals surface area contributed by atoms with Crippen molar-refractivity contribution in [3.8, 4) is 5.75 Å². The van der Waals surface area contributed by atoms with Gasteiger partial charge < -0.3 is 21.5 Å². The fraction of sp³-hybridized carbons (Fsp3) is 0.370. The third-order valence-electron chi connectivity index (χ3n) is 6.68. The van der Waals surface area contributed by atoms with Gasteiger partial charge in [-0.25, -0.2) is 13.4 Å². The molecule has 0 saturated carbocycles. The maximum Gasteiger partial charge on any atom is 0.245 e. The van der Waals surface area contributed by atoms with Gasteiger partial charge in [-0.1, -0.05) is 35.3 Å². The zero-order valence-electron chi connectivity index (χ0n) is 22.3. The standard InChI is InChI=1S/C27H32Cl2N6O4S/c1-16-14-17(2)34-25-18(16)6-3-8-22(25)39-15-19-20(28)9-10-23(24(19)29)40(37,38)35-13-4-7-21(35)26(36)32-11-5-12-33-27(30)31/h3,6,8-10,14,21H,4-5,7,11-13,15H2,1-2H3,(H,32,36)(H4,30,31,33)/t21-/m0/s1. The zero-order chi connectivity index (χ0) is 29.0. The van der Waals surface area contributed by atoms with Crippen molar-refractivity contribution in [2.24, 2.45) is 16.5 Å². The highest BCUT2D eigenvalue weighted by atomic mass is 35.5. The molecule has 0 unspecified atom stereocenters. The second kappa shape index (κ2) is 12.6. The number of amides is 1. The first kappa shape index (κ1) is 29.9. The summed E-state index contributed by atoms with van der Waals surface area (Å²) in [7, 11) is -4.12. The van der Waals surface area contributed by atoms with Crippen molar-refractivity contribution < 1.29 is 17.9 Å². The van der Waals surface area contributed by atoms with Crippen molar-refractivity contribution >= 4 is 56.0 Å². The average molecular weight is 608 g/mol. The van der Waals surface area contributed by atoms with Gasteiger partial charge in [0.2, 0.25) is 15.9 Å². The molecular formula is C27H32Cl2N6O4S. The smallest absolute Gasteiger partial charge is 0.245 e. The van der Waals surface area contributed by atoms with Crippen molar-refractivity contribution in [3.63, 3.8) is 0 Å². The molecule has 0 aliphatic carbocycles. The Morgan fingerprint density at radius 2 is 2.00 bits per heavy atom. The topological polar surface area (TPSA) is 153 Å². The molecule has 1 amide bonds. The van der Waals surface area contributed by atoms with Gasteiger partial charge in [-0.15, -0.1) is 0 Å². The number of sulfonamides is 1. The maximum atomic E-state index is 13.7. The molecule has 0 radical (unpaired) electrons. The maximum absolute atomic E-state index is 13.7. The predicted molar refractivity (Wildman–Crippen MR) is 157 cm³/mol. The molecule has 1 aromatic heterocycles. The number of nitrogens with zero attached hydrogens (tertiary/aromatic N) is 3. The number of rotatable bonds is 10. The first-order valence-electron chi connectivity index (χ1n) is 12.8. The largest absolute Gasteiger partial charge is 0.487 e. The van der Waals surface area contributed by atoms with Gasteiger partial charge in [0.05, 0.1) is 5.02 Å². The van der Waals surface area contributed by atoms with Crippen LogP contribution in [-0.4, -0.2) is 55.2 Å². The molecule has 1 atom stereocenters. The number of halogens is 2. The summed E-state index contributed by atoms with van der Waals surface area (Å²) in [6, 6.07) is 9.60. The molecule has 3 aromatic rings. The summed E-state index contributed by atoms with van der Waals surface area (Å²) in [4.78, 5) is 21.2. The third kappa shape index (κ3) is 6.43. The Morgan fingerprint density at radius 1 is 1.23 bits per heavy atom. The van der Waals surface area contributed by atoms with Crippen molar-refractivity contribution in [2.45, 2.75) is 50.7 Å². The average Bonchev–Trinajstić information content (AvgIpc) is 3.39. The van der Waals surface area contributed by atoms with Crippen molar-refractivity contribution in [3.05, 3.63) is 63.3 Å². The summed E-state index contributed by atoms with van der Waals surface area (Å²) in [5.41, 5.74) is 13.5. The SMILES string of the molecule is Cc1cc(C)c2cccc(OCc3c(Cl)ccc(S(=O)(=O)N4CCC[C@H]4C(=O)NCCCN=C(N)N)c3Cl)c2n1. The lowest BCUT2D eigenvalue weighted by molar-refractivity contribution is -0.124. The molecule has 1 aliphatic rings. The molecule has 13 heteroatoms. The number of aromatic nitrogens is 1. The molecule has 214 valence electrons. The number of carbonyl (C=O) groups excluding carboxylic acids is 1. The van der Waals surface area contributed by atoms with Gasteiger partial charge in [0, 0.05) is 41.3 Å². The van der Waals surface area contributed by atoms with Crippen LogP contribution in [0.1, 0.15) is 36.1 Å². The number of aryl methyl sites for hydroxylation is 2. The molecule has 2 aromatic carbocycles. The molecule has 2 heterocycles. The predicted octanol–water partition coefficient (Wildman–Crippen LogP) is 3.67. The molecule has 4 rings (SSSR count). The number of hydrogen-bond acceptors (Lipinski definition) is 6. The fourth-order valence-electron chi connectivity index (χ4n) is 4.76. The summed E-state index contributed by atoms with van der Waals surface area (Å²) in [5, 5.41) is 3.94. The highest BCUT2D eigenvalue weighted by Crippen LogP contribution is 2.36. The number of benzene rings is 2. The lowest BCUT2D eigenvalue weighted by atomic mass is 10.1. The van der Waals surface area contributed by atoms with E-state index in [0.29, 0.717) is 49.2 Å². The first-order valence-corrected chi connectivity index (χ1v) is 15.0. The zero-order valence-corrected chi connectivity index (χ0v) is 24.6. The molecule has 5 N–H and O–H groups in total. The quantitative estimate of drug-likeness (QED) is 0.181. The van der Waals surface area contributed by atoms with Gasteiger partial charge in [-0.2, -0.15) is 4.31 Å². The van der Waals surface area contributed by atoms with Crippen LogP contribution in [0.4, 0.5) is 0 Å². The Hall–Kier alpha value is -3.12. The van der Waals surface area contributed by atoms with Gasteiger partial charge in [0.1, 0.15) is 28.8 Å². The molecular weight excluding hydrogens is 575 g/mol. The van der Waals surface area contributed by atoms with E-state index in [-0.39, 0.29) is 40.0 Å². The monoisotopic (exact) mass is 606 g/mol. The number of hydrogen-bond donors (Lipinski definition) is 3. The second-order valence-electron chi connectivity index (χ2n) is 9.58. The number of nitrogens with one attached hydrogen (secondary N) is 1. The van der Waals surface area contributed by atoms with E-state index in [4.69, 9.17) is 39.4 Å². The van der Waals surface area contributed by atoms with Gasteiger partial charge in [-0.05, 0) is 62.9 Å². The summed E-state index contributed by atoms with van der Waals surface area (Å²) < 4.78 is 34.7. The van der Waals surface area contributed by atoms with Crippen LogP contribution in [0.25, 0.3) is 10.9 Å². The van der Waals surface area contributed by atoms with Crippen LogP contribution in [0.5, 0.6) is 5.75 Å². The van der Waals surface area contributed by atoms with E-state index in [9.17, 15) is 13.2 Å². The van der Waals surface area contributed by atoms with Gasteiger partial charge in [0.15, 0.2) is 5.96 Å². The van der Waals surface area contributed by atoms with E-state index in [1.807, 2.05) is 32.0 Å². The molecule has 0 spiro atoms. The van der Waals surface area contributed by atoms with Crippen molar-refractivity contribution in [2.75, 3.05) is 19.6 Å². The summed E-state index contributed by atoms with van der Waals surface area (Å²) in [6.45, 7) is 4.69. The Kier molecular flexibility index (Phi) is 9.40. The summed E-state index contributed by atoms with van der Waals surface area (Å²) in [6.07, 6.45) is 1.45. The number of pyridine rings is 1.